The van der Waals surface area contributed by atoms with Crippen LogP contribution >= 0.6 is 0 Å². The number of aromatic nitrogens is 1. The number of alkyl carbamates (subject to hydrolysis) is 1. The molecule has 1 fully saturated rings. The van der Waals surface area contributed by atoms with E-state index in [9.17, 15) is 14.9 Å². The van der Waals surface area contributed by atoms with Gasteiger partial charge in [-0.3, -0.25) is 10.1 Å². The quantitative estimate of drug-likeness (QED) is 0.675. The summed E-state index contributed by atoms with van der Waals surface area (Å²) in [5, 5.41) is 13.8. The number of carbonyl (C=O) groups excluding carboxylic acids is 1. The molecule has 0 aromatic carbocycles. The van der Waals surface area contributed by atoms with Gasteiger partial charge in [0.2, 0.25) is 5.82 Å². The van der Waals surface area contributed by atoms with Crippen molar-refractivity contribution in [1.29, 1.82) is 0 Å². The molecule has 126 valence electrons. The van der Waals surface area contributed by atoms with E-state index in [0.29, 0.717) is 25.5 Å². The van der Waals surface area contributed by atoms with Gasteiger partial charge in [0.1, 0.15) is 5.60 Å². The highest BCUT2D eigenvalue weighted by atomic mass is 16.6. The van der Waals surface area contributed by atoms with Gasteiger partial charge in [0.25, 0.3) is 0 Å². The fraction of sp³-hybridized carbons (Fsp3) is 0.600. The summed E-state index contributed by atoms with van der Waals surface area (Å²) >= 11 is 0. The number of hydrogen-bond acceptors (Lipinski definition) is 6. The SMILES string of the molecule is CC(C)(C)OC(=O)NC[C@H]1CCN(c2ncccc2[N+](=O)[O-])C1. The second kappa shape index (κ2) is 6.80. The zero-order valence-corrected chi connectivity index (χ0v) is 13.6. The number of nitrogens with zero attached hydrogens (tertiary/aromatic N) is 3. The third kappa shape index (κ3) is 4.80. The molecule has 2 heterocycles. The second-order valence-corrected chi connectivity index (χ2v) is 6.59. The largest absolute Gasteiger partial charge is 0.444 e. The zero-order valence-electron chi connectivity index (χ0n) is 13.6. The van der Waals surface area contributed by atoms with E-state index in [1.54, 1.807) is 12.3 Å². The fourth-order valence-electron chi connectivity index (χ4n) is 2.51. The first-order chi connectivity index (χ1) is 10.8. The number of amides is 1. The first-order valence-corrected chi connectivity index (χ1v) is 7.57. The van der Waals surface area contributed by atoms with Crippen LogP contribution < -0.4 is 10.2 Å². The van der Waals surface area contributed by atoms with Crippen LogP contribution in [0.1, 0.15) is 27.2 Å². The molecule has 0 bridgehead atoms. The van der Waals surface area contributed by atoms with Crippen LogP contribution in [0.4, 0.5) is 16.3 Å². The Morgan fingerprint density at radius 2 is 2.30 bits per heavy atom. The van der Waals surface area contributed by atoms with Crippen molar-refractivity contribution in [3.8, 4) is 0 Å². The number of nitrogens with one attached hydrogen (secondary N) is 1. The molecule has 23 heavy (non-hydrogen) atoms. The molecule has 0 radical (unpaired) electrons. The van der Waals surface area contributed by atoms with E-state index in [1.165, 1.54) is 6.07 Å². The van der Waals surface area contributed by atoms with Crippen molar-refractivity contribution in [3.63, 3.8) is 0 Å². The first-order valence-electron chi connectivity index (χ1n) is 7.57. The van der Waals surface area contributed by atoms with Gasteiger partial charge in [-0.1, -0.05) is 0 Å². The Hall–Kier alpha value is -2.38. The van der Waals surface area contributed by atoms with Gasteiger partial charge in [0.15, 0.2) is 0 Å². The van der Waals surface area contributed by atoms with Crippen molar-refractivity contribution in [3.05, 3.63) is 28.4 Å². The molecule has 0 spiro atoms. The van der Waals surface area contributed by atoms with Gasteiger partial charge in [0, 0.05) is 31.9 Å². The summed E-state index contributed by atoms with van der Waals surface area (Å²) in [6, 6.07) is 3.01. The molecular weight excluding hydrogens is 300 g/mol. The number of anilines is 1. The molecule has 2 rings (SSSR count). The Kier molecular flexibility index (Phi) is 5.02. The van der Waals surface area contributed by atoms with Crippen molar-refractivity contribution in [2.45, 2.75) is 32.8 Å². The number of rotatable bonds is 4. The summed E-state index contributed by atoms with van der Waals surface area (Å²) in [6.45, 7) is 7.20. The van der Waals surface area contributed by atoms with E-state index in [0.717, 1.165) is 6.42 Å². The Bertz CT molecular complexity index is 585. The molecule has 1 aromatic heterocycles. The van der Waals surface area contributed by atoms with Crippen LogP contribution in [0.25, 0.3) is 0 Å². The molecule has 0 unspecified atom stereocenters. The van der Waals surface area contributed by atoms with Crippen LogP contribution in [0.2, 0.25) is 0 Å². The topological polar surface area (TPSA) is 97.6 Å². The van der Waals surface area contributed by atoms with Crippen molar-refractivity contribution in [2.24, 2.45) is 5.92 Å². The zero-order chi connectivity index (χ0) is 17.0. The monoisotopic (exact) mass is 322 g/mol. The number of pyridine rings is 1. The first kappa shape index (κ1) is 17.0. The van der Waals surface area contributed by atoms with Gasteiger partial charge in [0.05, 0.1) is 4.92 Å². The lowest BCUT2D eigenvalue weighted by Crippen LogP contribution is -2.36. The van der Waals surface area contributed by atoms with Crippen LogP contribution in [-0.2, 0) is 4.74 Å². The van der Waals surface area contributed by atoms with E-state index in [1.807, 2.05) is 25.7 Å². The molecular formula is C15H22N4O4. The number of nitro groups is 1. The molecule has 1 aromatic rings. The van der Waals surface area contributed by atoms with Crippen LogP contribution in [0.5, 0.6) is 0 Å². The fourth-order valence-corrected chi connectivity index (χ4v) is 2.51. The molecule has 1 N–H and O–H groups in total. The molecule has 8 nitrogen and oxygen atoms in total. The lowest BCUT2D eigenvalue weighted by Gasteiger charge is -2.21. The average molecular weight is 322 g/mol. The predicted molar refractivity (Wildman–Crippen MR) is 85.4 cm³/mol. The highest BCUT2D eigenvalue weighted by Gasteiger charge is 2.29. The van der Waals surface area contributed by atoms with E-state index in [4.69, 9.17) is 4.74 Å². The second-order valence-electron chi connectivity index (χ2n) is 6.59. The minimum absolute atomic E-state index is 0.00764. The summed E-state index contributed by atoms with van der Waals surface area (Å²) in [6.07, 6.45) is 1.94. The van der Waals surface area contributed by atoms with Crippen molar-refractivity contribution in [2.75, 3.05) is 24.5 Å². The minimum Gasteiger partial charge on any atom is -0.444 e. The van der Waals surface area contributed by atoms with Crippen LogP contribution in [-0.4, -0.2) is 41.2 Å². The molecule has 0 saturated carbocycles. The summed E-state index contributed by atoms with van der Waals surface area (Å²) in [7, 11) is 0. The van der Waals surface area contributed by atoms with Crippen molar-refractivity contribution in [1.82, 2.24) is 10.3 Å². The van der Waals surface area contributed by atoms with E-state index >= 15 is 0 Å². The molecule has 0 aliphatic carbocycles. The summed E-state index contributed by atoms with van der Waals surface area (Å²) < 4.78 is 5.19. The number of ether oxygens (including phenoxy) is 1. The van der Waals surface area contributed by atoms with Gasteiger partial charge < -0.3 is 15.0 Å². The van der Waals surface area contributed by atoms with Gasteiger partial charge in [-0.2, -0.15) is 0 Å². The highest BCUT2D eigenvalue weighted by molar-refractivity contribution is 5.67. The van der Waals surface area contributed by atoms with Crippen LogP contribution in [0.15, 0.2) is 18.3 Å². The molecule has 1 aliphatic heterocycles. The lowest BCUT2D eigenvalue weighted by atomic mass is 10.1. The molecule has 1 aliphatic rings. The minimum atomic E-state index is -0.527. The predicted octanol–water partition coefficient (Wildman–Crippen LogP) is 2.34. The van der Waals surface area contributed by atoms with Gasteiger partial charge in [-0.25, -0.2) is 9.78 Å². The molecule has 1 amide bonds. The van der Waals surface area contributed by atoms with E-state index in [-0.39, 0.29) is 11.6 Å². The third-order valence-electron chi connectivity index (χ3n) is 3.48. The standard InChI is InChI=1S/C15H22N4O4/c1-15(2,3)23-14(20)17-9-11-6-8-18(10-11)13-12(19(21)22)5-4-7-16-13/h4-5,7,11H,6,8-10H2,1-3H3,(H,17,20)/t11-/m1/s1. The summed E-state index contributed by atoms with van der Waals surface area (Å²) in [4.78, 5) is 28.3. The summed E-state index contributed by atoms with van der Waals surface area (Å²) in [5.41, 5.74) is -0.520. The Morgan fingerprint density at radius 3 is 2.96 bits per heavy atom. The highest BCUT2D eigenvalue weighted by Crippen LogP contribution is 2.29. The van der Waals surface area contributed by atoms with Gasteiger partial charge in [-0.15, -0.1) is 0 Å². The number of hydrogen-bond donors (Lipinski definition) is 1. The average Bonchev–Trinajstić information content (AvgIpc) is 2.92. The van der Waals surface area contributed by atoms with Gasteiger partial charge >= 0.3 is 11.8 Å². The maximum Gasteiger partial charge on any atom is 0.407 e. The van der Waals surface area contributed by atoms with Crippen molar-refractivity contribution < 1.29 is 14.5 Å². The third-order valence-corrected chi connectivity index (χ3v) is 3.48. The van der Waals surface area contributed by atoms with E-state index in [2.05, 4.69) is 10.3 Å². The Morgan fingerprint density at radius 1 is 1.57 bits per heavy atom. The van der Waals surface area contributed by atoms with Crippen LogP contribution in [0.3, 0.4) is 0 Å². The Labute approximate surface area is 135 Å². The Balaban J connectivity index is 1.90. The van der Waals surface area contributed by atoms with E-state index < -0.39 is 16.6 Å². The molecule has 1 saturated heterocycles. The summed E-state index contributed by atoms with van der Waals surface area (Å²) in [5.74, 6) is 0.599. The normalized spacial score (nSPS) is 17.9. The number of carbonyl (C=O) groups is 1. The molecule has 1 atom stereocenters. The maximum atomic E-state index is 11.7. The van der Waals surface area contributed by atoms with Gasteiger partial charge in [-0.05, 0) is 39.2 Å². The lowest BCUT2D eigenvalue weighted by molar-refractivity contribution is -0.384. The van der Waals surface area contributed by atoms with Crippen LogP contribution in [0, 0.1) is 16.0 Å². The maximum absolute atomic E-state index is 11.7. The molecule has 8 heteroatoms. The smallest absolute Gasteiger partial charge is 0.407 e. The van der Waals surface area contributed by atoms with Crippen molar-refractivity contribution >= 4 is 17.6 Å².